The van der Waals surface area contributed by atoms with Crippen LogP contribution in [-0.4, -0.2) is 10.1 Å². The molecule has 0 radical (unpaired) electrons. The van der Waals surface area contributed by atoms with Crippen molar-refractivity contribution in [2.24, 2.45) is 0 Å². The van der Waals surface area contributed by atoms with Crippen LogP contribution in [0.4, 0.5) is 17.1 Å². The fraction of sp³-hybridized carbons (Fsp3) is 0. The molecule has 0 saturated heterocycles. The van der Waals surface area contributed by atoms with Gasteiger partial charge in [0, 0.05) is 23.0 Å². The molecule has 0 spiro atoms. The van der Waals surface area contributed by atoms with Crippen molar-refractivity contribution in [3.63, 3.8) is 0 Å². The zero-order chi connectivity index (χ0) is 16.4. The summed E-state index contributed by atoms with van der Waals surface area (Å²) >= 11 is 0. The van der Waals surface area contributed by atoms with E-state index in [1.165, 1.54) is 0 Å². The first kappa shape index (κ1) is 14.3. The third kappa shape index (κ3) is 2.46. The zero-order valence-electron chi connectivity index (χ0n) is 13.0. The van der Waals surface area contributed by atoms with E-state index in [0.717, 1.165) is 22.4 Å². The first-order chi connectivity index (χ1) is 11.8. The van der Waals surface area contributed by atoms with Crippen molar-refractivity contribution in [1.29, 1.82) is 0 Å². The van der Waals surface area contributed by atoms with Crippen LogP contribution in [0.15, 0.2) is 91.1 Å². The number of phenolic OH excluding ortho intramolecular Hbond substituents is 1. The molecule has 3 heteroatoms. The number of benzene rings is 3. The number of aromatic nitrogens is 1. The Morgan fingerprint density at radius 2 is 1.29 bits per heavy atom. The highest BCUT2D eigenvalue weighted by molar-refractivity contribution is 5.99. The fourth-order valence-corrected chi connectivity index (χ4v) is 2.92. The second kappa shape index (κ2) is 6.05. The molecular weight excluding hydrogens is 296 g/mol. The molecule has 3 aromatic carbocycles. The highest BCUT2D eigenvalue weighted by Crippen LogP contribution is 2.40. The number of anilines is 3. The predicted molar refractivity (Wildman–Crippen MR) is 98.1 cm³/mol. The number of hydrogen-bond acceptors (Lipinski definition) is 3. The number of rotatable bonds is 3. The van der Waals surface area contributed by atoms with Crippen molar-refractivity contribution in [2.75, 3.05) is 4.90 Å². The van der Waals surface area contributed by atoms with Gasteiger partial charge in [-0.25, -0.2) is 0 Å². The van der Waals surface area contributed by atoms with E-state index in [2.05, 4.69) is 34.1 Å². The SMILES string of the molecule is Oc1ccc(N(c2ccccc2)c2ccccc2)c2cccnc12. The van der Waals surface area contributed by atoms with Gasteiger partial charge in [-0.15, -0.1) is 0 Å². The van der Waals surface area contributed by atoms with Crippen LogP contribution in [0, 0.1) is 0 Å². The van der Waals surface area contributed by atoms with Gasteiger partial charge in [0.25, 0.3) is 0 Å². The van der Waals surface area contributed by atoms with E-state index in [1.54, 1.807) is 12.3 Å². The van der Waals surface area contributed by atoms with Gasteiger partial charge in [-0.3, -0.25) is 4.98 Å². The average molecular weight is 312 g/mol. The molecule has 0 bridgehead atoms. The lowest BCUT2D eigenvalue weighted by Crippen LogP contribution is -2.10. The van der Waals surface area contributed by atoms with Gasteiger partial charge in [0.05, 0.1) is 5.69 Å². The molecule has 1 heterocycles. The van der Waals surface area contributed by atoms with E-state index >= 15 is 0 Å². The van der Waals surface area contributed by atoms with Gasteiger partial charge in [0.1, 0.15) is 11.3 Å². The lowest BCUT2D eigenvalue weighted by Gasteiger charge is -2.26. The largest absolute Gasteiger partial charge is 0.506 e. The number of nitrogens with zero attached hydrogens (tertiary/aromatic N) is 2. The van der Waals surface area contributed by atoms with Crippen LogP contribution in [0.25, 0.3) is 10.9 Å². The second-order valence-corrected chi connectivity index (χ2v) is 5.51. The summed E-state index contributed by atoms with van der Waals surface area (Å²) in [5.74, 6) is 0.190. The van der Waals surface area contributed by atoms with Crippen molar-refractivity contribution in [1.82, 2.24) is 4.98 Å². The highest BCUT2D eigenvalue weighted by Gasteiger charge is 2.16. The monoisotopic (exact) mass is 312 g/mol. The molecular formula is C21H16N2O. The smallest absolute Gasteiger partial charge is 0.141 e. The maximum atomic E-state index is 10.1. The van der Waals surface area contributed by atoms with Crippen LogP contribution in [0.3, 0.4) is 0 Å². The Balaban J connectivity index is 2.00. The maximum Gasteiger partial charge on any atom is 0.141 e. The summed E-state index contributed by atoms with van der Waals surface area (Å²) in [7, 11) is 0. The fourth-order valence-electron chi connectivity index (χ4n) is 2.92. The number of fused-ring (bicyclic) bond motifs is 1. The first-order valence-electron chi connectivity index (χ1n) is 7.81. The molecule has 0 fully saturated rings. The molecule has 0 amide bonds. The van der Waals surface area contributed by atoms with Gasteiger partial charge in [0.2, 0.25) is 0 Å². The highest BCUT2D eigenvalue weighted by atomic mass is 16.3. The van der Waals surface area contributed by atoms with Gasteiger partial charge in [-0.1, -0.05) is 36.4 Å². The summed E-state index contributed by atoms with van der Waals surface area (Å²) in [5.41, 5.74) is 3.69. The van der Waals surface area contributed by atoms with Crippen LogP contribution in [-0.2, 0) is 0 Å². The third-order valence-corrected chi connectivity index (χ3v) is 4.00. The quantitative estimate of drug-likeness (QED) is 0.549. The topological polar surface area (TPSA) is 36.4 Å². The summed E-state index contributed by atoms with van der Waals surface area (Å²) in [6.07, 6.45) is 1.70. The van der Waals surface area contributed by atoms with Gasteiger partial charge < -0.3 is 10.0 Å². The van der Waals surface area contributed by atoms with E-state index in [4.69, 9.17) is 0 Å². The summed E-state index contributed by atoms with van der Waals surface area (Å²) in [6, 6.07) is 27.9. The Kier molecular flexibility index (Phi) is 3.60. The van der Waals surface area contributed by atoms with Crippen LogP contribution >= 0.6 is 0 Å². The summed E-state index contributed by atoms with van der Waals surface area (Å²) in [6.45, 7) is 0. The summed E-state index contributed by atoms with van der Waals surface area (Å²) in [5, 5.41) is 11.0. The average Bonchev–Trinajstić information content (AvgIpc) is 2.66. The van der Waals surface area contributed by atoms with Gasteiger partial charge in [0.15, 0.2) is 0 Å². The molecule has 0 aliphatic heterocycles. The molecule has 24 heavy (non-hydrogen) atoms. The van der Waals surface area contributed by atoms with Gasteiger partial charge in [-0.2, -0.15) is 0 Å². The number of pyridine rings is 1. The Morgan fingerprint density at radius 1 is 0.667 bits per heavy atom. The summed E-state index contributed by atoms with van der Waals surface area (Å²) in [4.78, 5) is 6.50. The van der Waals surface area contributed by atoms with Gasteiger partial charge >= 0.3 is 0 Å². The molecule has 1 aromatic heterocycles. The van der Waals surface area contributed by atoms with Crippen molar-refractivity contribution in [3.05, 3.63) is 91.1 Å². The minimum absolute atomic E-state index is 0.190. The number of phenols is 1. The molecule has 0 aliphatic rings. The minimum Gasteiger partial charge on any atom is -0.506 e. The van der Waals surface area contributed by atoms with Crippen LogP contribution < -0.4 is 4.90 Å². The number of para-hydroxylation sites is 2. The Hall–Kier alpha value is -3.33. The van der Waals surface area contributed by atoms with Crippen molar-refractivity contribution < 1.29 is 5.11 Å². The molecule has 3 nitrogen and oxygen atoms in total. The van der Waals surface area contributed by atoms with Crippen molar-refractivity contribution in [2.45, 2.75) is 0 Å². The standard InChI is InChI=1S/C21H16N2O/c24-20-14-13-19(18-12-7-15-22-21(18)20)23(16-8-3-1-4-9-16)17-10-5-2-6-11-17/h1-15,24H. The van der Waals surface area contributed by atoms with Crippen molar-refractivity contribution in [3.8, 4) is 5.75 Å². The van der Waals surface area contributed by atoms with E-state index in [1.807, 2.05) is 54.6 Å². The van der Waals surface area contributed by atoms with Crippen LogP contribution in [0.1, 0.15) is 0 Å². The Labute approximate surface area is 140 Å². The first-order valence-corrected chi connectivity index (χ1v) is 7.81. The predicted octanol–water partition coefficient (Wildman–Crippen LogP) is 5.41. The minimum atomic E-state index is 0.190. The van der Waals surface area contributed by atoms with E-state index in [-0.39, 0.29) is 5.75 Å². The summed E-state index contributed by atoms with van der Waals surface area (Å²) < 4.78 is 0. The van der Waals surface area contributed by atoms with Crippen molar-refractivity contribution >= 4 is 28.0 Å². The molecule has 0 saturated carbocycles. The number of hydrogen-bond donors (Lipinski definition) is 1. The molecule has 1 N–H and O–H groups in total. The second-order valence-electron chi connectivity index (χ2n) is 5.51. The van der Waals surface area contributed by atoms with E-state index in [0.29, 0.717) is 5.52 Å². The molecule has 0 unspecified atom stereocenters. The Bertz CT molecular complexity index is 929. The lowest BCUT2D eigenvalue weighted by molar-refractivity contribution is 0.480. The maximum absolute atomic E-state index is 10.1. The molecule has 0 atom stereocenters. The molecule has 4 aromatic rings. The molecule has 116 valence electrons. The van der Waals surface area contributed by atoms with Crippen LogP contribution in [0.2, 0.25) is 0 Å². The Morgan fingerprint density at radius 3 is 1.92 bits per heavy atom. The lowest BCUT2D eigenvalue weighted by atomic mass is 10.1. The number of aromatic hydroxyl groups is 1. The van der Waals surface area contributed by atoms with Crippen LogP contribution in [0.5, 0.6) is 5.75 Å². The van der Waals surface area contributed by atoms with Gasteiger partial charge in [-0.05, 0) is 48.5 Å². The van der Waals surface area contributed by atoms with E-state index < -0.39 is 0 Å². The normalized spacial score (nSPS) is 10.7. The third-order valence-electron chi connectivity index (χ3n) is 4.00. The zero-order valence-corrected chi connectivity index (χ0v) is 13.0. The molecule has 0 aliphatic carbocycles. The molecule has 4 rings (SSSR count). The van der Waals surface area contributed by atoms with E-state index in [9.17, 15) is 5.11 Å².